The number of fused-ring (bicyclic) bond motifs is 14. The Balaban J connectivity index is 0.00000170. The molecule has 0 unspecified atom stereocenters. The van der Waals surface area contributed by atoms with Crippen LogP contribution >= 0.6 is 0 Å². The van der Waals surface area contributed by atoms with E-state index in [-0.39, 0.29) is 0 Å². The molecule has 0 aromatic heterocycles. The maximum atomic E-state index is 2.45. The van der Waals surface area contributed by atoms with E-state index in [0.717, 1.165) is 0 Å². The molecule has 0 radical (unpaired) electrons. The van der Waals surface area contributed by atoms with E-state index >= 15 is 0 Å². The lowest BCUT2D eigenvalue weighted by atomic mass is 9.87. The first-order valence-electron chi connectivity index (χ1n) is 19.9. The molecule has 2 aliphatic carbocycles. The van der Waals surface area contributed by atoms with Crippen LogP contribution in [0.15, 0.2) is 182 Å². The van der Waals surface area contributed by atoms with Gasteiger partial charge in [-0.2, -0.15) is 0 Å². The smallest absolute Gasteiger partial charge is 0.00199 e. The highest BCUT2D eigenvalue weighted by Gasteiger charge is 2.25. The molecular formula is C56H36. The Kier molecular flexibility index (Phi) is 6.57. The first kappa shape index (κ1) is 31.3. The molecule has 56 heavy (non-hydrogen) atoms. The summed E-state index contributed by atoms with van der Waals surface area (Å²) in [6.07, 6.45) is 0. The standard InChI is InChI=1S/C54H30.C2H6/c1-7-17-39-33(11-1)41-19-9-21-43-49-27-45(35-13-3-5-15-37(35)47(49)29-51(39)53(41)43)31-23-25-32(26-24-31)46-28-50-44-22-10-20-42-34-12-2-8-18-40(34)52(54(42)44)30-48(50)38-16-6-4-14-36(38)46;1-2/h1-30H;1-2H3. The molecular weight excluding hydrogens is 673 g/mol. The predicted octanol–water partition coefficient (Wildman–Crippen LogP) is 16.3. The molecule has 0 heterocycles. The van der Waals surface area contributed by atoms with Gasteiger partial charge in [-0.25, -0.2) is 0 Å². The maximum absolute atomic E-state index is 2.45. The van der Waals surface area contributed by atoms with Crippen LogP contribution in [0, 0.1) is 0 Å². The van der Waals surface area contributed by atoms with Crippen molar-refractivity contribution in [2.24, 2.45) is 0 Å². The van der Waals surface area contributed by atoms with E-state index in [2.05, 4.69) is 182 Å². The van der Waals surface area contributed by atoms with E-state index in [1.807, 2.05) is 13.8 Å². The second-order valence-electron chi connectivity index (χ2n) is 15.1. The number of benzene rings is 11. The Labute approximate surface area is 325 Å². The zero-order valence-electron chi connectivity index (χ0n) is 31.3. The second kappa shape index (κ2) is 11.7. The zero-order chi connectivity index (χ0) is 37.1. The lowest BCUT2D eigenvalue weighted by Crippen LogP contribution is -1.89. The van der Waals surface area contributed by atoms with E-state index in [9.17, 15) is 0 Å². The maximum Gasteiger partial charge on any atom is -0.00199 e. The molecule has 0 amide bonds. The second-order valence-corrected chi connectivity index (χ2v) is 15.1. The molecule has 260 valence electrons. The first-order valence-corrected chi connectivity index (χ1v) is 19.9. The van der Waals surface area contributed by atoms with Crippen LogP contribution in [0.1, 0.15) is 13.8 Å². The van der Waals surface area contributed by atoms with E-state index in [1.54, 1.807) is 0 Å². The quantitative estimate of drug-likeness (QED) is 0.157. The van der Waals surface area contributed by atoms with Gasteiger partial charge in [-0.3, -0.25) is 0 Å². The topological polar surface area (TPSA) is 0 Å². The number of rotatable bonds is 2. The average molecular weight is 709 g/mol. The van der Waals surface area contributed by atoms with Gasteiger partial charge in [-0.1, -0.05) is 172 Å². The molecule has 0 N–H and O–H groups in total. The third-order valence-corrected chi connectivity index (χ3v) is 12.5. The van der Waals surface area contributed by atoms with Crippen LogP contribution in [0.4, 0.5) is 0 Å². The summed E-state index contributed by atoms with van der Waals surface area (Å²) in [5, 5.41) is 15.8. The number of hydrogen-bond acceptors (Lipinski definition) is 0. The summed E-state index contributed by atoms with van der Waals surface area (Å²) in [5.74, 6) is 0. The van der Waals surface area contributed by atoms with E-state index in [0.29, 0.717) is 0 Å². The summed E-state index contributed by atoms with van der Waals surface area (Å²) in [6, 6.07) is 68.5. The van der Waals surface area contributed by atoms with Crippen molar-refractivity contribution in [1.29, 1.82) is 0 Å². The number of hydrogen-bond donors (Lipinski definition) is 0. The Morgan fingerprint density at radius 1 is 0.196 bits per heavy atom. The highest BCUT2D eigenvalue weighted by atomic mass is 14.3. The molecule has 11 aromatic rings. The Hall–Kier alpha value is -7.02. The van der Waals surface area contributed by atoms with Crippen molar-refractivity contribution in [3.8, 4) is 66.8 Å². The van der Waals surface area contributed by atoms with Gasteiger partial charge in [0.1, 0.15) is 0 Å². The third kappa shape index (κ3) is 4.14. The lowest BCUT2D eigenvalue weighted by molar-refractivity contribution is 1.50. The van der Waals surface area contributed by atoms with E-state index in [1.165, 1.54) is 131 Å². The summed E-state index contributed by atoms with van der Waals surface area (Å²) in [7, 11) is 0. The Bertz CT molecular complexity index is 3240. The normalized spacial score (nSPS) is 12.1. The van der Waals surface area contributed by atoms with E-state index < -0.39 is 0 Å². The van der Waals surface area contributed by atoms with Crippen LogP contribution in [0.25, 0.3) is 131 Å². The van der Waals surface area contributed by atoms with Crippen molar-refractivity contribution in [2.75, 3.05) is 0 Å². The fourth-order valence-corrected chi connectivity index (χ4v) is 10.2. The summed E-state index contributed by atoms with van der Waals surface area (Å²) < 4.78 is 0. The molecule has 0 fully saturated rings. The third-order valence-electron chi connectivity index (χ3n) is 12.5. The molecule has 2 aliphatic rings. The molecule has 0 nitrogen and oxygen atoms in total. The molecule has 0 aliphatic heterocycles. The lowest BCUT2D eigenvalue weighted by Gasteiger charge is -2.16. The summed E-state index contributed by atoms with van der Waals surface area (Å²) in [5.41, 5.74) is 15.7. The van der Waals surface area contributed by atoms with Gasteiger partial charge in [0, 0.05) is 0 Å². The van der Waals surface area contributed by atoms with Gasteiger partial charge in [0.15, 0.2) is 0 Å². The Morgan fingerprint density at radius 3 is 0.893 bits per heavy atom. The SMILES string of the molecule is CC.c1ccc2c(c1)-c1cccc3c1c-2cc1c2ccccc2c(-c2ccc(-c4cc5c6cccc7c6c(cc5c5ccccc45)-c4ccccc4-7)cc2)cc31. The van der Waals surface area contributed by atoms with Crippen LogP contribution in [-0.4, -0.2) is 0 Å². The molecule has 11 aromatic carbocycles. The van der Waals surface area contributed by atoms with Crippen molar-refractivity contribution in [3.63, 3.8) is 0 Å². The molecule has 0 heteroatoms. The van der Waals surface area contributed by atoms with Gasteiger partial charge in [0.2, 0.25) is 0 Å². The fourth-order valence-electron chi connectivity index (χ4n) is 10.2. The minimum absolute atomic E-state index is 1.23. The minimum atomic E-state index is 1.23. The van der Waals surface area contributed by atoms with Crippen molar-refractivity contribution in [1.82, 2.24) is 0 Å². The Morgan fingerprint density at radius 2 is 0.482 bits per heavy atom. The van der Waals surface area contributed by atoms with Crippen molar-refractivity contribution in [3.05, 3.63) is 182 Å². The van der Waals surface area contributed by atoms with E-state index in [4.69, 9.17) is 0 Å². The molecule has 0 saturated heterocycles. The molecule has 0 spiro atoms. The fraction of sp³-hybridized carbons (Fsp3) is 0.0357. The van der Waals surface area contributed by atoms with Crippen molar-refractivity contribution < 1.29 is 0 Å². The van der Waals surface area contributed by atoms with Gasteiger partial charge in [-0.05, 0) is 156 Å². The van der Waals surface area contributed by atoms with Gasteiger partial charge in [0.05, 0.1) is 0 Å². The van der Waals surface area contributed by atoms with Gasteiger partial charge < -0.3 is 0 Å². The minimum Gasteiger partial charge on any atom is -0.0683 e. The highest BCUT2D eigenvalue weighted by Crippen LogP contribution is 2.52. The van der Waals surface area contributed by atoms with Crippen molar-refractivity contribution in [2.45, 2.75) is 13.8 Å². The zero-order valence-corrected chi connectivity index (χ0v) is 31.3. The van der Waals surface area contributed by atoms with Crippen LogP contribution in [0.5, 0.6) is 0 Å². The largest absolute Gasteiger partial charge is 0.0683 e. The average Bonchev–Trinajstić information content (AvgIpc) is 3.78. The van der Waals surface area contributed by atoms with Crippen LogP contribution in [-0.2, 0) is 0 Å². The molecule has 0 bridgehead atoms. The van der Waals surface area contributed by atoms with Crippen LogP contribution in [0.3, 0.4) is 0 Å². The monoisotopic (exact) mass is 708 g/mol. The molecule has 0 saturated carbocycles. The summed E-state index contributed by atoms with van der Waals surface area (Å²) in [6.45, 7) is 4.00. The van der Waals surface area contributed by atoms with Gasteiger partial charge in [0.25, 0.3) is 0 Å². The summed E-state index contributed by atoms with van der Waals surface area (Å²) in [4.78, 5) is 0. The summed E-state index contributed by atoms with van der Waals surface area (Å²) >= 11 is 0. The first-order chi connectivity index (χ1) is 27.8. The van der Waals surface area contributed by atoms with Gasteiger partial charge >= 0.3 is 0 Å². The predicted molar refractivity (Wildman–Crippen MR) is 243 cm³/mol. The van der Waals surface area contributed by atoms with Crippen LogP contribution < -0.4 is 0 Å². The molecule has 13 rings (SSSR count). The van der Waals surface area contributed by atoms with Crippen LogP contribution in [0.2, 0.25) is 0 Å². The molecule has 0 atom stereocenters. The highest BCUT2D eigenvalue weighted by molar-refractivity contribution is 6.30. The van der Waals surface area contributed by atoms with Crippen molar-refractivity contribution >= 4 is 64.6 Å². The van der Waals surface area contributed by atoms with Gasteiger partial charge in [-0.15, -0.1) is 0 Å².